The molecule has 1 aliphatic heterocycles. The van der Waals surface area contributed by atoms with Crippen molar-refractivity contribution in [2.24, 2.45) is 0 Å². The first-order chi connectivity index (χ1) is 8.84. The van der Waals surface area contributed by atoms with Crippen LogP contribution in [0.25, 0.3) is 0 Å². The summed E-state index contributed by atoms with van der Waals surface area (Å²) < 4.78 is 0. The highest BCUT2D eigenvalue weighted by atomic mass is 35.5. The summed E-state index contributed by atoms with van der Waals surface area (Å²) in [7, 11) is 0. The van der Waals surface area contributed by atoms with Gasteiger partial charge in [0.25, 0.3) is 0 Å². The van der Waals surface area contributed by atoms with Crippen molar-refractivity contribution in [3.05, 3.63) is 23.4 Å². The lowest BCUT2D eigenvalue weighted by atomic mass is 10.2. The van der Waals surface area contributed by atoms with Crippen molar-refractivity contribution in [3.63, 3.8) is 0 Å². The predicted molar refractivity (Wildman–Crippen MR) is 82.7 cm³/mol. The fraction of sp³-hybridized carbons (Fsp3) is 0.615. The minimum absolute atomic E-state index is 0.711. The van der Waals surface area contributed by atoms with Crippen LogP contribution < -0.4 is 0 Å². The zero-order valence-corrected chi connectivity index (χ0v) is 12.9. The van der Waals surface area contributed by atoms with Crippen molar-refractivity contribution in [1.82, 2.24) is 9.88 Å². The molecule has 1 aliphatic rings. The van der Waals surface area contributed by atoms with Crippen LogP contribution >= 0.6 is 35.1 Å². The van der Waals surface area contributed by atoms with Gasteiger partial charge in [-0.2, -0.15) is 0 Å². The number of nitrogens with zero attached hydrogens (tertiary/aromatic N) is 2. The molecule has 0 saturated carbocycles. The Labute approximate surface area is 123 Å². The molecule has 0 aromatic carbocycles. The van der Waals surface area contributed by atoms with E-state index in [1.54, 1.807) is 6.20 Å². The molecular weight excluding hydrogens is 284 g/mol. The number of thioether (sulfide) groups is 2. The van der Waals surface area contributed by atoms with E-state index < -0.39 is 0 Å². The van der Waals surface area contributed by atoms with E-state index in [0.717, 1.165) is 10.8 Å². The van der Waals surface area contributed by atoms with Gasteiger partial charge in [-0.25, -0.2) is 4.98 Å². The smallest absolute Gasteiger partial charge is 0.0960 e. The molecule has 1 saturated heterocycles. The number of halogens is 1. The highest BCUT2D eigenvalue weighted by molar-refractivity contribution is 7.99. The van der Waals surface area contributed by atoms with E-state index in [1.165, 1.54) is 44.0 Å². The molecule has 0 aliphatic carbocycles. The van der Waals surface area contributed by atoms with Crippen molar-refractivity contribution < 1.29 is 0 Å². The van der Waals surface area contributed by atoms with Crippen LogP contribution in [0.5, 0.6) is 0 Å². The number of rotatable bonds is 7. The molecule has 2 nitrogen and oxygen atoms in total. The molecule has 0 spiro atoms. The topological polar surface area (TPSA) is 16.1 Å². The van der Waals surface area contributed by atoms with Crippen LogP contribution in [0, 0.1) is 0 Å². The maximum absolute atomic E-state index is 5.80. The fourth-order valence-electron chi connectivity index (χ4n) is 1.87. The molecule has 0 N–H and O–H groups in total. The third-order valence-electron chi connectivity index (χ3n) is 2.89. The van der Waals surface area contributed by atoms with Gasteiger partial charge in [0.05, 0.1) is 10.0 Å². The normalized spacial score (nSPS) is 16.3. The van der Waals surface area contributed by atoms with Crippen LogP contribution in [-0.4, -0.2) is 40.4 Å². The predicted octanol–water partition coefficient (Wildman–Crippen LogP) is 4.00. The largest absolute Gasteiger partial charge is 0.293 e. The Hall–Kier alpha value is 0.1000. The lowest BCUT2D eigenvalue weighted by Gasteiger charge is -2.12. The molecule has 100 valence electrons. The zero-order chi connectivity index (χ0) is 12.6. The number of hydrogen-bond donors (Lipinski definition) is 0. The first-order valence-electron chi connectivity index (χ1n) is 6.39. The Morgan fingerprint density at radius 1 is 1.33 bits per heavy atom. The number of aromatic nitrogens is 1. The SMILES string of the molecule is Clc1ccc(SCCCCCN2CCSC2)nc1. The van der Waals surface area contributed by atoms with E-state index in [0.29, 0.717) is 5.02 Å². The average molecular weight is 303 g/mol. The first kappa shape index (κ1) is 14.5. The highest BCUT2D eigenvalue weighted by Gasteiger charge is 2.10. The van der Waals surface area contributed by atoms with Crippen molar-refractivity contribution >= 4 is 35.1 Å². The molecule has 1 fully saturated rings. The van der Waals surface area contributed by atoms with E-state index in [9.17, 15) is 0 Å². The molecule has 5 heteroatoms. The molecule has 2 rings (SSSR count). The highest BCUT2D eigenvalue weighted by Crippen LogP contribution is 2.19. The van der Waals surface area contributed by atoms with E-state index in [1.807, 2.05) is 23.9 Å². The summed E-state index contributed by atoms with van der Waals surface area (Å²) in [4.78, 5) is 6.83. The summed E-state index contributed by atoms with van der Waals surface area (Å²) in [5, 5.41) is 1.79. The lowest BCUT2D eigenvalue weighted by molar-refractivity contribution is 0.346. The van der Waals surface area contributed by atoms with Crippen molar-refractivity contribution in [2.75, 3.05) is 30.5 Å². The summed E-state index contributed by atoms with van der Waals surface area (Å²) in [6.45, 7) is 2.56. The van der Waals surface area contributed by atoms with Crippen molar-refractivity contribution in [2.45, 2.75) is 24.3 Å². The fourth-order valence-corrected chi connectivity index (χ4v) is 3.86. The van der Waals surface area contributed by atoms with E-state index >= 15 is 0 Å². The first-order valence-corrected chi connectivity index (χ1v) is 8.91. The maximum atomic E-state index is 5.80. The lowest BCUT2D eigenvalue weighted by Crippen LogP contribution is -2.20. The van der Waals surface area contributed by atoms with Gasteiger partial charge in [-0.3, -0.25) is 4.90 Å². The van der Waals surface area contributed by atoms with Gasteiger partial charge >= 0.3 is 0 Å². The van der Waals surface area contributed by atoms with Crippen LogP contribution in [0.3, 0.4) is 0 Å². The van der Waals surface area contributed by atoms with E-state index in [4.69, 9.17) is 11.6 Å². The average Bonchev–Trinajstić information content (AvgIpc) is 2.89. The van der Waals surface area contributed by atoms with Gasteiger partial charge in [0.2, 0.25) is 0 Å². The molecule has 0 unspecified atom stereocenters. The van der Waals surface area contributed by atoms with Crippen LogP contribution in [0.15, 0.2) is 23.4 Å². The molecule has 2 heterocycles. The third kappa shape index (κ3) is 5.39. The van der Waals surface area contributed by atoms with Gasteiger partial charge in [-0.05, 0) is 37.3 Å². The molecular formula is C13H19ClN2S2. The van der Waals surface area contributed by atoms with Crippen molar-refractivity contribution in [1.29, 1.82) is 0 Å². The van der Waals surface area contributed by atoms with Gasteiger partial charge in [0, 0.05) is 24.4 Å². The third-order valence-corrected chi connectivity index (χ3v) is 5.17. The maximum Gasteiger partial charge on any atom is 0.0960 e. The van der Waals surface area contributed by atoms with Crippen LogP contribution in [-0.2, 0) is 0 Å². The Morgan fingerprint density at radius 2 is 2.28 bits per heavy atom. The monoisotopic (exact) mass is 302 g/mol. The summed E-state index contributed by atoms with van der Waals surface area (Å²) in [6.07, 6.45) is 5.64. The number of pyridine rings is 1. The number of unbranched alkanes of at least 4 members (excludes halogenated alkanes) is 2. The second kappa shape index (κ2) is 8.31. The van der Waals surface area contributed by atoms with Gasteiger partial charge in [0.15, 0.2) is 0 Å². The number of hydrogen-bond acceptors (Lipinski definition) is 4. The van der Waals surface area contributed by atoms with E-state index in [-0.39, 0.29) is 0 Å². The summed E-state index contributed by atoms with van der Waals surface area (Å²) >= 11 is 9.67. The summed E-state index contributed by atoms with van der Waals surface area (Å²) in [5.41, 5.74) is 0. The second-order valence-electron chi connectivity index (χ2n) is 4.38. The Bertz CT molecular complexity index is 339. The van der Waals surface area contributed by atoms with Crippen LogP contribution in [0.4, 0.5) is 0 Å². The van der Waals surface area contributed by atoms with Gasteiger partial charge in [0.1, 0.15) is 0 Å². The van der Waals surface area contributed by atoms with Crippen LogP contribution in [0.1, 0.15) is 19.3 Å². The quantitative estimate of drug-likeness (QED) is 0.558. The minimum atomic E-state index is 0.711. The molecule has 0 bridgehead atoms. The van der Waals surface area contributed by atoms with Gasteiger partial charge in [-0.15, -0.1) is 23.5 Å². The molecule has 0 atom stereocenters. The molecule has 18 heavy (non-hydrogen) atoms. The molecule has 0 amide bonds. The van der Waals surface area contributed by atoms with Crippen molar-refractivity contribution in [3.8, 4) is 0 Å². The molecule has 1 aromatic heterocycles. The zero-order valence-electron chi connectivity index (χ0n) is 10.5. The second-order valence-corrected chi connectivity index (χ2v) is 7.01. The molecule has 1 aromatic rings. The Kier molecular flexibility index (Phi) is 6.70. The standard InChI is InChI=1S/C13H19ClN2S2/c14-12-4-5-13(15-10-12)18-8-3-1-2-6-16-7-9-17-11-16/h4-5,10H,1-3,6-9,11H2. The Morgan fingerprint density at radius 3 is 3.00 bits per heavy atom. The summed E-state index contributed by atoms with van der Waals surface area (Å²) in [6, 6.07) is 3.90. The molecule has 0 radical (unpaired) electrons. The Balaban J connectivity index is 1.49. The summed E-state index contributed by atoms with van der Waals surface area (Å²) in [5.74, 6) is 3.71. The minimum Gasteiger partial charge on any atom is -0.293 e. The van der Waals surface area contributed by atoms with Crippen LogP contribution in [0.2, 0.25) is 5.02 Å². The van der Waals surface area contributed by atoms with Gasteiger partial charge < -0.3 is 0 Å². The van der Waals surface area contributed by atoms with E-state index in [2.05, 4.69) is 21.6 Å². The van der Waals surface area contributed by atoms with Gasteiger partial charge in [-0.1, -0.05) is 18.0 Å².